The summed E-state index contributed by atoms with van der Waals surface area (Å²) in [6, 6.07) is 7.63. The highest BCUT2D eigenvalue weighted by atomic mass is 127. The second-order valence-electron chi connectivity index (χ2n) is 7.61. The maximum Gasteiger partial charge on any atom is 0.236 e. The molecule has 0 radical (unpaired) electrons. The van der Waals surface area contributed by atoms with E-state index in [1.807, 2.05) is 36.2 Å². The van der Waals surface area contributed by atoms with Crippen LogP contribution in [0.3, 0.4) is 0 Å². The third-order valence-electron chi connectivity index (χ3n) is 5.52. The van der Waals surface area contributed by atoms with Crippen LogP contribution in [0, 0.1) is 0 Å². The Morgan fingerprint density at radius 3 is 2.50 bits per heavy atom. The van der Waals surface area contributed by atoms with Crippen LogP contribution >= 0.6 is 24.0 Å². The van der Waals surface area contributed by atoms with Crippen LogP contribution in [0.25, 0.3) is 0 Å². The molecule has 1 N–H and O–H groups in total. The van der Waals surface area contributed by atoms with Crippen LogP contribution < -0.4 is 14.8 Å². The molecule has 1 aromatic carbocycles. The molecule has 9 nitrogen and oxygen atoms in total. The number of methoxy groups -OCH3 is 1. The molecule has 2 aliphatic rings. The number of morpholine rings is 1. The molecule has 1 amide bonds. The van der Waals surface area contributed by atoms with Gasteiger partial charge in [0.1, 0.15) is 11.5 Å². The van der Waals surface area contributed by atoms with E-state index in [4.69, 9.17) is 14.2 Å². The van der Waals surface area contributed by atoms with Gasteiger partial charge in [-0.2, -0.15) is 0 Å². The Bertz CT molecular complexity index is 722. The number of piperazine rings is 1. The van der Waals surface area contributed by atoms with E-state index in [2.05, 4.69) is 20.1 Å². The number of amides is 1. The van der Waals surface area contributed by atoms with Crippen LogP contribution in [0.2, 0.25) is 0 Å². The minimum atomic E-state index is 0. The van der Waals surface area contributed by atoms with Crippen molar-refractivity contribution in [3.8, 4) is 11.5 Å². The average molecular weight is 561 g/mol. The van der Waals surface area contributed by atoms with Gasteiger partial charge in [-0.1, -0.05) is 6.07 Å². The predicted octanol–water partition coefficient (Wildman–Crippen LogP) is 1.13. The predicted molar refractivity (Wildman–Crippen MR) is 135 cm³/mol. The van der Waals surface area contributed by atoms with Gasteiger partial charge in [-0.25, -0.2) is 0 Å². The summed E-state index contributed by atoms with van der Waals surface area (Å²) in [7, 11) is 3.46. The second-order valence-corrected chi connectivity index (χ2v) is 7.61. The van der Waals surface area contributed by atoms with Crippen molar-refractivity contribution < 1.29 is 19.0 Å². The highest BCUT2D eigenvalue weighted by Crippen LogP contribution is 2.18. The topological polar surface area (TPSA) is 78.9 Å². The molecular weight excluding hydrogens is 525 g/mol. The van der Waals surface area contributed by atoms with Crippen molar-refractivity contribution in [2.75, 3.05) is 86.3 Å². The molecule has 0 atom stereocenters. The molecule has 3 rings (SSSR count). The Hall–Kier alpha value is -1.79. The zero-order chi connectivity index (χ0) is 21.9. The molecule has 2 saturated heterocycles. The monoisotopic (exact) mass is 561 g/mol. The minimum absolute atomic E-state index is 0. The number of nitrogens with zero attached hydrogens (tertiary/aromatic N) is 4. The SMILES string of the molecule is CN=C(NCCCOc1cccc(OC)c1)N1CCN(CC(=O)N2CCOCC2)CC1.I. The van der Waals surface area contributed by atoms with Crippen LogP contribution in [0.4, 0.5) is 0 Å². The molecule has 0 aliphatic carbocycles. The lowest BCUT2D eigenvalue weighted by Crippen LogP contribution is -2.55. The molecule has 10 heteroatoms. The molecule has 0 bridgehead atoms. The number of halogens is 1. The van der Waals surface area contributed by atoms with E-state index >= 15 is 0 Å². The van der Waals surface area contributed by atoms with Crippen molar-refractivity contribution in [3.05, 3.63) is 24.3 Å². The average Bonchev–Trinajstić information content (AvgIpc) is 2.83. The molecule has 0 saturated carbocycles. The molecule has 180 valence electrons. The summed E-state index contributed by atoms with van der Waals surface area (Å²) in [6.45, 7) is 8.02. The van der Waals surface area contributed by atoms with Gasteiger partial charge in [-0.3, -0.25) is 14.7 Å². The lowest BCUT2D eigenvalue weighted by atomic mass is 10.3. The fourth-order valence-electron chi connectivity index (χ4n) is 3.71. The Balaban J connectivity index is 0.00000363. The smallest absolute Gasteiger partial charge is 0.236 e. The van der Waals surface area contributed by atoms with Crippen LogP contribution in [0.1, 0.15) is 6.42 Å². The fraction of sp³-hybridized carbons (Fsp3) is 0.636. The van der Waals surface area contributed by atoms with Gasteiger partial charge in [-0.15, -0.1) is 24.0 Å². The van der Waals surface area contributed by atoms with Crippen molar-refractivity contribution in [2.24, 2.45) is 4.99 Å². The van der Waals surface area contributed by atoms with Gasteiger partial charge in [0, 0.05) is 58.9 Å². The van der Waals surface area contributed by atoms with Crippen molar-refractivity contribution >= 4 is 35.8 Å². The number of rotatable bonds is 8. The number of carbonyl (C=O) groups is 1. The van der Waals surface area contributed by atoms with Crippen molar-refractivity contribution in [3.63, 3.8) is 0 Å². The van der Waals surface area contributed by atoms with Crippen LogP contribution in [0.15, 0.2) is 29.3 Å². The Morgan fingerprint density at radius 2 is 1.81 bits per heavy atom. The lowest BCUT2D eigenvalue weighted by molar-refractivity contribution is -0.136. The molecule has 32 heavy (non-hydrogen) atoms. The summed E-state index contributed by atoms with van der Waals surface area (Å²) < 4.78 is 16.3. The van der Waals surface area contributed by atoms with E-state index in [9.17, 15) is 4.79 Å². The van der Waals surface area contributed by atoms with Crippen LogP contribution in [-0.4, -0.2) is 113 Å². The minimum Gasteiger partial charge on any atom is -0.497 e. The lowest BCUT2D eigenvalue weighted by Gasteiger charge is -2.37. The van der Waals surface area contributed by atoms with Gasteiger partial charge in [-0.05, 0) is 18.6 Å². The zero-order valence-electron chi connectivity index (χ0n) is 19.1. The third kappa shape index (κ3) is 8.28. The Labute approximate surface area is 208 Å². The normalized spacial score (nSPS) is 17.5. The summed E-state index contributed by atoms with van der Waals surface area (Å²) in [5, 5.41) is 3.42. The number of ether oxygens (including phenoxy) is 3. The summed E-state index contributed by atoms with van der Waals surface area (Å²) in [5.41, 5.74) is 0. The molecule has 0 spiro atoms. The summed E-state index contributed by atoms with van der Waals surface area (Å²) in [4.78, 5) is 23.2. The van der Waals surface area contributed by atoms with Gasteiger partial charge in [0.05, 0.1) is 33.5 Å². The molecule has 0 aromatic heterocycles. The van der Waals surface area contributed by atoms with E-state index in [-0.39, 0.29) is 29.9 Å². The number of nitrogens with one attached hydrogen (secondary N) is 1. The highest BCUT2D eigenvalue weighted by Gasteiger charge is 2.24. The van der Waals surface area contributed by atoms with Gasteiger partial charge in [0.2, 0.25) is 5.91 Å². The second kappa shape index (κ2) is 14.4. The summed E-state index contributed by atoms with van der Waals surface area (Å²) in [6.07, 6.45) is 0.865. The van der Waals surface area contributed by atoms with E-state index < -0.39 is 0 Å². The van der Waals surface area contributed by atoms with Crippen LogP contribution in [0.5, 0.6) is 11.5 Å². The zero-order valence-corrected chi connectivity index (χ0v) is 21.5. The van der Waals surface area contributed by atoms with Gasteiger partial charge < -0.3 is 29.3 Å². The Kier molecular flexibility index (Phi) is 11.9. The van der Waals surface area contributed by atoms with E-state index in [1.54, 1.807) is 7.11 Å². The number of benzene rings is 1. The van der Waals surface area contributed by atoms with Gasteiger partial charge in [0.15, 0.2) is 5.96 Å². The van der Waals surface area contributed by atoms with E-state index in [0.717, 1.165) is 56.6 Å². The van der Waals surface area contributed by atoms with Crippen molar-refractivity contribution in [1.29, 1.82) is 0 Å². The maximum absolute atomic E-state index is 12.4. The van der Waals surface area contributed by atoms with Gasteiger partial charge in [0.25, 0.3) is 0 Å². The first kappa shape index (κ1) is 26.5. The van der Waals surface area contributed by atoms with Crippen molar-refractivity contribution in [2.45, 2.75) is 6.42 Å². The number of hydrogen-bond acceptors (Lipinski definition) is 6. The first-order valence-electron chi connectivity index (χ1n) is 11.0. The van der Waals surface area contributed by atoms with Gasteiger partial charge >= 0.3 is 0 Å². The fourth-order valence-corrected chi connectivity index (χ4v) is 3.71. The van der Waals surface area contributed by atoms with Crippen molar-refractivity contribution in [1.82, 2.24) is 20.0 Å². The molecule has 2 heterocycles. The maximum atomic E-state index is 12.4. The van der Waals surface area contributed by atoms with E-state index in [1.165, 1.54) is 0 Å². The molecule has 2 fully saturated rings. The summed E-state index contributed by atoms with van der Waals surface area (Å²) in [5.74, 6) is 2.71. The standard InChI is InChI=1S/C22H35N5O4.HI/c1-23-22(24-7-4-14-31-20-6-3-5-19(17-20)29-2)27-10-8-25(9-11-27)18-21(28)26-12-15-30-16-13-26;/h3,5-6,17H,4,7-16,18H2,1-2H3,(H,23,24);1H. The largest absolute Gasteiger partial charge is 0.497 e. The van der Waals surface area contributed by atoms with E-state index in [0.29, 0.717) is 39.5 Å². The number of guanidine groups is 1. The molecule has 0 unspecified atom stereocenters. The summed E-state index contributed by atoms with van der Waals surface area (Å²) >= 11 is 0. The number of aliphatic imine (C=N–C) groups is 1. The number of carbonyl (C=O) groups excluding carboxylic acids is 1. The first-order chi connectivity index (χ1) is 15.2. The third-order valence-corrected chi connectivity index (χ3v) is 5.52. The number of hydrogen-bond donors (Lipinski definition) is 1. The van der Waals surface area contributed by atoms with Crippen LogP contribution in [-0.2, 0) is 9.53 Å². The molecular formula is C22H36IN5O4. The Morgan fingerprint density at radius 1 is 1.09 bits per heavy atom. The molecule has 2 aliphatic heterocycles. The highest BCUT2D eigenvalue weighted by molar-refractivity contribution is 14.0. The first-order valence-corrected chi connectivity index (χ1v) is 11.0. The molecule has 1 aromatic rings. The quantitative estimate of drug-likeness (QED) is 0.221.